The number of carbonyl (C=O) groups is 1. The number of benzene rings is 2. The molecule has 1 aromatic heterocycles. The normalized spacial score (nSPS) is 14.3. The van der Waals surface area contributed by atoms with Crippen molar-refractivity contribution in [1.82, 2.24) is 10.3 Å². The van der Waals surface area contributed by atoms with Crippen molar-refractivity contribution in [1.29, 1.82) is 0 Å². The lowest BCUT2D eigenvalue weighted by Crippen LogP contribution is -2.46. The second-order valence-corrected chi connectivity index (χ2v) is 11.7. The number of ether oxygens (including phenoxy) is 1. The molecule has 6 nitrogen and oxygen atoms in total. The first-order valence-electron chi connectivity index (χ1n) is 13.6. The van der Waals surface area contributed by atoms with Gasteiger partial charge >= 0.3 is 6.09 Å². The number of aromatic nitrogens is 1. The summed E-state index contributed by atoms with van der Waals surface area (Å²) in [6.45, 7) is 16.6. The molecule has 0 saturated carbocycles. The second-order valence-electron chi connectivity index (χ2n) is 11.7. The molecule has 0 spiro atoms. The van der Waals surface area contributed by atoms with E-state index < -0.39 is 5.60 Å². The highest BCUT2D eigenvalue weighted by molar-refractivity contribution is 5.87. The van der Waals surface area contributed by atoms with Gasteiger partial charge in [0.1, 0.15) is 5.60 Å². The van der Waals surface area contributed by atoms with E-state index in [1.54, 1.807) is 0 Å². The number of nitrogens with one attached hydrogen (secondary N) is 2. The maximum absolute atomic E-state index is 12.3. The van der Waals surface area contributed by atoms with Crippen LogP contribution in [0.4, 0.5) is 16.2 Å². The smallest absolute Gasteiger partial charge is 0.407 e. The van der Waals surface area contributed by atoms with Gasteiger partial charge < -0.3 is 20.3 Å². The first-order valence-corrected chi connectivity index (χ1v) is 13.6. The predicted molar refractivity (Wildman–Crippen MR) is 157 cm³/mol. The molecule has 0 atom stereocenters. The number of amides is 1. The van der Waals surface area contributed by atoms with Crippen molar-refractivity contribution in [2.45, 2.75) is 79.5 Å². The molecule has 1 aliphatic rings. The van der Waals surface area contributed by atoms with Crippen LogP contribution in [0, 0.1) is 27.7 Å². The van der Waals surface area contributed by atoms with Gasteiger partial charge in [-0.05, 0) is 72.4 Å². The molecule has 3 aromatic rings. The minimum absolute atomic E-state index is 0.0966. The lowest BCUT2D eigenvalue weighted by molar-refractivity contribution is 0.0497. The molecule has 1 amide bonds. The van der Waals surface area contributed by atoms with E-state index in [0.29, 0.717) is 0 Å². The van der Waals surface area contributed by atoms with Gasteiger partial charge in [0.15, 0.2) is 0 Å². The van der Waals surface area contributed by atoms with E-state index in [2.05, 4.69) is 84.6 Å². The van der Waals surface area contributed by atoms with Gasteiger partial charge in [0.25, 0.3) is 0 Å². The summed E-state index contributed by atoms with van der Waals surface area (Å²) in [6, 6.07) is 13.4. The highest BCUT2D eigenvalue weighted by atomic mass is 16.6. The largest absolute Gasteiger partial charge is 0.444 e. The Bertz CT molecular complexity index is 1250. The van der Waals surface area contributed by atoms with Gasteiger partial charge in [0.2, 0.25) is 0 Å². The van der Waals surface area contributed by atoms with E-state index >= 15 is 0 Å². The topological polar surface area (TPSA) is 66.5 Å². The van der Waals surface area contributed by atoms with E-state index in [9.17, 15) is 4.79 Å². The maximum atomic E-state index is 12.3. The van der Waals surface area contributed by atoms with Crippen LogP contribution in [0.2, 0.25) is 0 Å². The Hall–Kier alpha value is -3.54. The Balaban J connectivity index is 1.60. The van der Waals surface area contributed by atoms with Crippen molar-refractivity contribution in [3.8, 4) is 11.1 Å². The van der Waals surface area contributed by atoms with Gasteiger partial charge in [-0.1, -0.05) is 58.7 Å². The molecule has 2 N–H and O–H groups in total. The molecule has 2 heterocycles. The van der Waals surface area contributed by atoms with Crippen molar-refractivity contribution >= 4 is 17.5 Å². The zero-order chi connectivity index (χ0) is 27.4. The van der Waals surface area contributed by atoms with Crippen molar-refractivity contribution in [2.24, 2.45) is 0 Å². The number of rotatable bonds is 6. The van der Waals surface area contributed by atoms with E-state index in [4.69, 9.17) is 4.74 Å². The summed E-state index contributed by atoms with van der Waals surface area (Å²) in [6.07, 6.45) is 5.28. The number of pyridine rings is 1. The molecule has 4 rings (SSSR count). The fourth-order valence-electron chi connectivity index (χ4n) is 5.36. The first-order chi connectivity index (χ1) is 18.0. The monoisotopic (exact) mass is 514 g/mol. The van der Waals surface area contributed by atoms with Crippen LogP contribution in [-0.4, -0.2) is 35.8 Å². The third-order valence-electron chi connectivity index (χ3n) is 6.75. The molecule has 38 heavy (non-hydrogen) atoms. The lowest BCUT2D eigenvalue weighted by Gasteiger charge is -2.36. The van der Waals surface area contributed by atoms with Crippen molar-refractivity contribution in [3.05, 3.63) is 76.6 Å². The van der Waals surface area contributed by atoms with Gasteiger partial charge in [-0.15, -0.1) is 0 Å². The summed E-state index contributed by atoms with van der Waals surface area (Å²) in [5.74, 6) is 0. The molecule has 0 unspecified atom stereocenters. The van der Waals surface area contributed by atoms with Crippen LogP contribution < -0.4 is 15.5 Å². The maximum Gasteiger partial charge on any atom is 0.407 e. The molecule has 1 saturated heterocycles. The number of alkyl carbamates (subject to hydrolysis) is 1. The molecule has 0 aliphatic carbocycles. The van der Waals surface area contributed by atoms with Crippen LogP contribution in [0.25, 0.3) is 11.1 Å². The van der Waals surface area contributed by atoms with Crippen LogP contribution in [0.3, 0.4) is 0 Å². The van der Waals surface area contributed by atoms with Gasteiger partial charge in [-0.2, -0.15) is 0 Å². The van der Waals surface area contributed by atoms with E-state index in [-0.39, 0.29) is 12.1 Å². The summed E-state index contributed by atoms with van der Waals surface area (Å²) in [5, 5.41) is 6.76. The van der Waals surface area contributed by atoms with Crippen LogP contribution in [0.1, 0.15) is 61.4 Å². The number of hydrogen-bond acceptors (Lipinski definition) is 5. The Kier molecular flexibility index (Phi) is 8.29. The lowest BCUT2D eigenvalue weighted by atomic mass is 9.97. The van der Waals surface area contributed by atoms with E-state index in [0.717, 1.165) is 43.7 Å². The molecule has 2 aromatic carbocycles. The highest BCUT2D eigenvalue weighted by Gasteiger charge is 2.26. The van der Waals surface area contributed by atoms with E-state index in [1.165, 1.54) is 39.1 Å². The molecule has 1 aliphatic heterocycles. The Labute approximate surface area is 227 Å². The third kappa shape index (κ3) is 7.27. The Morgan fingerprint density at radius 1 is 0.921 bits per heavy atom. The minimum Gasteiger partial charge on any atom is -0.444 e. The zero-order valence-corrected chi connectivity index (χ0v) is 23.9. The van der Waals surface area contributed by atoms with Gasteiger partial charge in [0, 0.05) is 37.4 Å². The van der Waals surface area contributed by atoms with Gasteiger partial charge in [0.05, 0.1) is 17.6 Å². The second kappa shape index (κ2) is 11.5. The van der Waals surface area contributed by atoms with Crippen LogP contribution in [0.15, 0.2) is 48.8 Å². The third-order valence-corrected chi connectivity index (χ3v) is 6.75. The summed E-state index contributed by atoms with van der Waals surface area (Å²) >= 11 is 0. The predicted octanol–water partition coefficient (Wildman–Crippen LogP) is 7.09. The number of aryl methyl sites for hydroxylation is 4. The van der Waals surface area contributed by atoms with Crippen molar-refractivity contribution in [3.63, 3.8) is 0 Å². The van der Waals surface area contributed by atoms with Crippen LogP contribution in [-0.2, 0) is 11.3 Å². The van der Waals surface area contributed by atoms with Crippen LogP contribution >= 0.6 is 0 Å². The van der Waals surface area contributed by atoms with Crippen molar-refractivity contribution in [2.75, 3.05) is 23.3 Å². The quantitative estimate of drug-likeness (QED) is 0.368. The molecule has 6 heteroatoms. The van der Waals surface area contributed by atoms with Crippen LogP contribution in [0.5, 0.6) is 0 Å². The summed E-state index contributed by atoms with van der Waals surface area (Å²) in [7, 11) is 0. The average molecular weight is 515 g/mol. The van der Waals surface area contributed by atoms with Gasteiger partial charge in [-0.3, -0.25) is 4.98 Å². The number of nitrogens with zero attached hydrogens (tertiary/aromatic N) is 2. The minimum atomic E-state index is -0.501. The number of piperidine rings is 1. The summed E-state index contributed by atoms with van der Waals surface area (Å²) in [5.41, 5.74) is 10.3. The summed E-state index contributed by atoms with van der Waals surface area (Å²) in [4.78, 5) is 19.4. The fourth-order valence-corrected chi connectivity index (χ4v) is 5.36. The standard InChI is InChI=1S/C32H42N4O2/c1-21-12-22(2)15-25(14-21)18-34-29-20-33-19-28(26-16-23(3)13-24(4)17-26)30(29)36-10-8-27(9-11-36)35-31(37)38-32(5,6)7/h12-17,19-20,27,34H,8-11,18H2,1-7H3,(H,35,37). The molecule has 202 valence electrons. The molecular weight excluding hydrogens is 472 g/mol. The average Bonchev–Trinajstić information content (AvgIpc) is 2.80. The first kappa shape index (κ1) is 27.5. The Morgan fingerprint density at radius 2 is 1.50 bits per heavy atom. The molecule has 0 bridgehead atoms. The highest BCUT2D eigenvalue weighted by Crippen LogP contribution is 2.39. The molecule has 0 radical (unpaired) electrons. The fraction of sp³-hybridized carbons (Fsp3) is 0.438. The molecule has 1 fully saturated rings. The number of hydrogen-bond donors (Lipinski definition) is 2. The SMILES string of the molecule is Cc1cc(C)cc(CNc2cncc(-c3cc(C)cc(C)c3)c2N2CCC(NC(=O)OC(C)(C)C)CC2)c1. The molecular formula is C32H42N4O2. The van der Waals surface area contributed by atoms with Crippen molar-refractivity contribution < 1.29 is 9.53 Å². The van der Waals surface area contributed by atoms with E-state index in [1.807, 2.05) is 33.2 Å². The zero-order valence-electron chi connectivity index (χ0n) is 23.9. The number of anilines is 2. The van der Waals surface area contributed by atoms with Gasteiger partial charge in [-0.25, -0.2) is 4.79 Å². The Morgan fingerprint density at radius 3 is 2.08 bits per heavy atom. The number of carbonyl (C=O) groups excluding carboxylic acids is 1. The summed E-state index contributed by atoms with van der Waals surface area (Å²) < 4.78 is 5.48.